The van der Waals surface area contributed by atoms with Gasteiger partial charge in [-0.05, 0) is 53.9 Å². The number of hydrogen-bond acceptors (Lipinski definition) is 4. The van der Waals surface area contributed by atoms with Gasteiger partial charge in [-0.3, -0.25) is 13.9 Å². The summed E-state index contributed by atoms with van der Waals surface area (Å²) < 4.78 is 27.5. The number of benzene rings is 3. The van der Waals surface area contributed by atoms with Gasteiger partial charge in [-0.2, -0.15) is 0 Å². The number of halogens is 2. The molecule has 1 atom stereocenters. The topological polar surface area (TPSA) is 86.8 Å². The van der Waals surface area contributed by atoms with Crippen LogP contribution in [-0.4, -0.2) is 51.0 Å². The van der Waals surface area contributed by atoms with E-state index in [1.165, 1.54) is 11.9 Å². The number of carbonyl (C=O) groups is 2. The minimum atomic E-state index is -3.82. The van der Waals surface area contributed by atoms with E-state index in [0.717, 1.165) is 26.2 Å². The Labute approximate surface area is 231 Å². The molecule has 3 rings (SSSR count). The van der Waals surface area contributed by atoms with Crippen LogP contribution >= 0.6 is 27.5 Å². The van der Waals surface area contributed by atoms with Gasteiger partial charge in [-0.15, -0.1) is 0 Å². The standard InChI is InChI=1S/C27H29BrClN3O4S/c1-19-14-23(12-13-24(19)28)32(37(3,35)36)18-26(33)31(17-21-10-7-11-22(29)15-21)25(27(34)30-2)16-20-8-5-4-6-9-20/h4-15,25H,16-18H2,1-3H3,(H,30,34)/t25-/m0/s1. The SMILES string of the molecule is CNC(=O)[C@H](Cc1ccccc1)N(Cc1cccc(Cl)c1)C(=O)CN(c1ccc(Br)c(C)c1)S(C)(=O)=O. The summed E-state index contributed by atoms with van der Waals surface area (Å²) in [5, 5.41) is 3.14. The summed E-state index contributed by atoms with van der Waals surface area (Å²) in [6.45, 7) is 1.44. The zero-order chi connectivity index (χ0) is 27.2. The third-order valence-electron chi connectivity index (χ3n) is 5.87. The molecule has 0 aliphatic rings. The second kappa shape index (κ2) is 12.6. The highest BCUT2D eigenvalue weighted by Gasteiger charge is 2.32. The minimum absolute atomic E-state index is 0.0707. The fourth-order valence-electron chi connectivity index (χ4n) is 3.95. The van der Waals surface area contributed by atoms with Crippen LogP contribution in [0.3, 0.4) is 0 Å². The maximum atomic E-state index is 13.9. The third kappa shape index (κ3) is 7.80. The number of carbonyl (C=O) groups excluding carboxylic acids is 2. The summed E-state index contributed by atoms with van der Waals surface area (Å²) >= 11 is 9.61. The highest BCUT2D eigenvalue weighted by atomic mass is 79.9. The molecule has 2 amide bonds. The molecule has 0 radical (unpaired) electrons. The predicted octanol–water partition coefficient (Wildman–Crippen LogP) is 4.56. The Balaban J connectivity index is 2.04. The number of likely N-dealkylation sites (N-methyl/N-ethyl adjacent to an activating group) is 1. The van der Waals surface area contributed by atoms with Crippen molar-refractivity contribution < 1.29 is 18.0 Å². The largest absolute Gasteiger partial charge is 0.357 e. The van der Waals surface area contributed by atoms with Gasteiger partial charge in [0.1, 0.15) is 12.6 Å². The van der Waals surface area contributed by atoms with Crippen molar-refractivity contribution in [3.8, 4) is 0 Å². The fraction of sp³-hybridized carbons (Fsp3) is 0.259. The lowest BCUT2D eigenvalue weighted by molar-refractivity contribution is -0.139. The molecular formula is C27H29BrClN3O4S. The van der Waals surface area contributed by atoms with Crippen LogP contribution in [0.15, 0.2) is 77.3 Å². The zero-order valence-corrected chi connectivity index (χ0v) is 24.0. The number of nitrogens with zero attached hydrogens (tertiary/aromatic N) is 2. The van der Waals surface area contributed by atoms with E-state index in [2.05, 4.69) is 21.2 Å². The van der Waals surface area contributed by atoms with E-state index in [-0.39, 0.29) is 18.9 Å². The number of hydrogen-bond donors (Lipinski definition) is 1. The number of sulfonamides is 1. The van der Waals surface area contributed by atoms with E-state index in [4.69, 9.17) is 11.6 Å². The molecule has 0 bridgehead atoms. The van der Waals surface area contributed by atoms with Gasteiger partial charge in [0, 0.05) is 29.5 Å². The Kier molecular flexibility index (Phi) is 9.75. The first-order valence-electron chi connectivity index (χ1n) is 11.5. The Morgan fingerprint density at radius 2 is 1.68 bits per heavy atom. The van der Waals surface area contributed by atoms with Crippen LogP contribution in [-0.2, 0) is 32.6 Å². The van der Waals surface area contributed by atoms with Crippen molar-refractivity contribution >= 4 is 55.1 Å². The van der Waals surface area contributed by atoms with E-state index >= 15 is 0 Å². The third-order valence-corrected chi connectivity index (χ3v) is 8.13. The Hall–Kier alpha value is -2.88. The first-order chi connectivity index (χ1) is 17.5. The predicted molar refractivity (Wildman–Crippen MR) is 151 cm³/mol. The molecule has 0 saturated carbocycles. The second-order valence-corrected chi connectivity index (χ2v) is 11.9. The molecule has 3 aromatic carbocycles. The van der Waals surface area contributed by atoms with E-state index in [1.807, 2.05) is 43.3 Å². The van der Waals surface area contributed by atoms with Crippen LogP contribution in [0.2, 0.25) is 5.02 Å². The molecule has 3 aromatic rings. The van der Waals surface area contributed by atoms with Crippen LogP contribution in [0.5, 0.6) is 0 Å². The maximum absolute atomic E-state index is 13.9. The van der Waals surface area contributed by atoms with Gasteiger partial charge >= 0.3 is 0 Å². The zero-order valence-electron chi connectivity index (χ0n) is 20.8. The second-order valence-electron chi connectivity index (χ2n) is 8.67. The van der Waals surface area contributed by atoms with Crippen molar-refractivity contribution in [2.24, 2.45) is 0 Å². The summed E-state index contributed by atoms with van der Waals surface area (Å²) in [6.07, 6.45) is 1.31. The number of aryl methyl sites for hydroxylation is 1. The summed E-state index contributed by atoms with van der Waals surface area (Å²) in [6, 6.07) is 20.5. The quantitative estimate of drug-likeness (QED) is 0.367. The molecule has 0 aromatic heterocycles. The van der Waals surface area contributed by atoms with Gasteiger partial charge in [-0.25, -0.2) is 8.42 Å². The lowest BCUT2D eigenvalue weighted by Crippen LogP contribution is -2.52. The first-order valence-corrected chi connectivity index (χ1v) is 14.5. The smallest absolute Gasteiger partial charge is 0.244 e. The van der Waals surface area contributed by atoms with Crippen LogP contribution in [0, 0.1) is 6.92 Å². The first kappa shape index (κ1) is 28.7. The van der Waals surface area contributed by atoms with Gasteiger partial charge in [-0.1, -0.05) is 70.0 Å². The molecule has 7 nitrogen and oxygen atoms in total. The average Bonchev–Trinajstić information content (AvgIpc) is 2.86. The summed E-state index contributed by atoms with van der Waals surface area (Å²) in [5.41, 5.74) is 2.76. The molecule has 1 N–H and O–H groups in total. The van der Waals surface area contributed by atoms with Crippen LogP contribution < -0.4 is 9.62 Å². The molecule has 0 spiro atoms. The van der Waals surface area contributed by atoms with Crippen molar-refractivity contribution in [3.05, 3.63) is 99.0 Å². The Bertz CT molecular complexity index is 1370. The van der Waals surface area contributed by atoms with Crippen molar-refractivity contribution in [2.75, 3.05) is 24.2 Å². The van der Waals surface area contributed by atoms with E-state index in [1.54, 1.807) is 36.4 Å². The lowest BCUT2D eigenvalue weighted by atomic mass is 10.0. The molecule has 0 unspecified atom stereocenters. The number of anilines is 1. The van der Waals surface area contributed by atoms with Crippen LogP contribution in [0.1, 0.15) is 16.7 Å². The van der Waals surface area contributed by atoms with E-state index < -0.39 is 28.5 Å². The number of rotatable bonds is 10. The van der Waals surface area contributed by atoms with Gasteiger partial charge in [0.05, 0.1) is 11.9 Å². The average molecular weight is 607 g/mol. The summed E-state index contributed by atoms with van der Waals surface area (Å²) in [4.78, 5) is 28.4. The maximum Gasteiger partial charge on any atom is 0.244 e. The highest BCUT2D eigenvalue weighted by molar-refractivity contribution is 9.10. The molecule has 0 saturated heterocycles. The van der Waals surface area contributed by atoms with Gasteiger partial charge in [0.15, 0.2) is 0 Å². The molecule has 37 heavy (non-hydrogen) atoms. The molecular weight excluding hydrogens is 578 g/mol. The van der Waals surface area contributed by atoms with Crippen molar-refractivity contribution in [1.29, 1.82) is 0 Å². The van der Waals surface area contributed by atoms with Gasteiger partial charge in [0.2, 0.25) is 21.8 Å². The summed E-state index contributed by atoms with van der Waals surface area (Å²) in [5.74, 6) is -0.875. The van der Waals surface area contributed by atoms with Crippen molar-refractivity contribution in [3.63, 3.8) is 0 Å². The van der Waals surface area contributed by atoms with E-state index in [0.29, 0.717) is 16.3 Å². The fourth-order valence-corrected chi connectivity index (χ4v) is 5.25. The van der Waals surface area contributed by atoms with Gasteiger partial charge in [0.25, 0.3) is 0 Å². The molecule has 0 aliphatic heterocycles. The molecule has 0 fully saturated rings. The lowest BCUT2D eigenvalue weighted by Gasteiger charge is -2.33. The highest BCUT2D eigenvalue weighted by Crippen LogP contribution is 2.25. The number of amides is 2. The van der Waals surface area contributed by atoms with Crippen molar-refractivity contribution in [2.45, 2.75) is 25.9 Å². The van der Waals surface area contributed by atoms with Crippen molar-refractivity contribution in [1.82, 2.24) is 10.2 Å². The minimum Gasteiger partial charge on any atom is -0.357 e. The molecule has 196 valence electrons. The molecule has 0 heterocycles. The van der Waals surface area contributed by atoms with E-state index in [9.17, 15) is 18.0 Å². The normalized spacial score (nSPS) is 12.0. The van der Waals surface area contributed by atoms with Crippen LogP contribution in [0.4, 0.5) is 5.69 Å². The molecule has 0 aliphatic carbocycles. The number of nitrogens with one attached hydrogen (secondary N) is 1. The monoisotopic (exact) mass is 605 g/mol. The van der Waals surface area contributed by atoms with Gasteiger partial charge < -0.3 is 10.2 Å². The summed E-state index contributed by atoms with van der Waals surface area (Å²) in [7, 11) is -2.31. The van der Waals surface area contributed by atoms with Crippen LogP contribution in [0.25, 0.3) is 0 Å². The Morgan fingerprint density at radius 1 is 1.00 bits per heavy atom. The Morgan fingerprint density at radius 3 is 2.27 bits per heavy atom. The molecule has 10 heteroatoms.